The van der Waals surface area contributed by atoms with Crippen molar-refractivity contribution in [3.63, 3.8) is 0 Å². The first-order chi connectivity index (χ1) is 13.6. The molecule has 0 saturated heterocycles. The number of halogens is 1. The minimum Gasteiger partial charge on any atom is -0.493 e. The molecule has 0 bridgehead atoms. The zero-order chi connectivity index (χ0) is 19.7. The maximum absolute atomic E-state index is 13.3. The van der Waals surface area contributed by atoms with E-state index in [4.69, 9.17) is 21.1 Å². The first-order valence-corrected chi connectivity index (χ1v) is 10.2. The van der Waals surface area contributed by atoms with E-state index in [0.29, 0.717) is 23.1 Å². The van der Waals surface area contributed by atoms with Crippen molar-refractivity contribution in [2.45, 2.75) is 12.5 Å². The summed E-state index contributed by atoms with van der Waals surface area (Å²) in [6.45, 7) is 0.606. The Morgan fingerprint density at radius 3 is 2.50 bits per heavy atom. The van der Waals surface area contributed by atoms with Crippen LogP contribution in [0.2, 0.25) is 5.02 Å². The predicted octanol–water partition coefficient (Wildman–Crippen LogP) is 5.21. The standard InChI is InChI=1S/C22H20ClNO3S/c1-26-18-12-14-9-10-24(22(25)20-8-5-11-28-20)21(16(14)13-19(18)27-2)15-6-3-4-7-17(15)23/h3-8,11-13,21H,9-10H2,1-2H3/t21-/m0/s1. The Labute approximate surface area is 173 Å². The monoisotopic (exact) mass is 413 g/mol. The molecule has 1 amide bonds. The van der Waals surface area contributed by atoms with Crippen molar-refractivity contribution in [2.24, 2.45) is 0 Å². The average Bonchev–Trinajstić information content (AvgIpc) is 3.26. The molecule has 0 saturated carbocycles. The average molecular weight is 414 g/mol. The van der Waals surface area contributed by atoms with Crippen LogP contribution in [-0.4, -0.2) is 31.6 Å². The number of methoxy groups -OCH3 is 2. The van der Waals surface area contributed by atoms with Crippen LogP contribution >= 0.6 is 22.9 Å². The highest BCUT2D eigenvalue weighted by Gasteiger charge is 2.35. The van der Waals surface area contributed by atoms with Crippen LogP contribution in [0.5, 0.6) is 11.5 Å². The number of hydrogen-bond acceptors (Lipinski definition) is 4. The zero-order valence-corrected chi connectivity index (χ0v) is 17.2. The number of rotatable bonds is 4. The lowest BCUT2D eigenvalue weighted by atomic mass is 9.87. The normalized spacial score (nSPS) is 15.8. The van der Waals surface area contributed by atoms with Crippen LogP contribution in [-0.2, 0) is 6.42 Å². The Kier molecular flexibility index (Phi) is 5.29. The summed E-state index contributed by atoms with van der Waals surface area (Å²) < 4.78 is 11.0. The summed E-state index contributed by atoms with van der Waals surface area (Å²) in [7, 11) is 3.25. The summed E-state index contributed by atoms with van der Waals surface area (Å²) in [6.07, 6.45) is 0.744. The Balaban J connectivity index is 1.89. The van der Waals surface area contributed by atoms with Crippen molar-refractivity contribution in [3.8, 4) is 11.5 Å². The lowest BCUT2D eigenvalue weighted by Gasteiger charge is -2.38. The molecule has 0 N–H and O–H groups in total. The summed E-state index contributed by atoms with van der Waals surface area (Å²) in [5.74, 6) is 1.35. The summed E-state index contributed by atoms with van der Waals surface area (Å²) in [5, 5.41) is 2.56. The van der Waals surface area contributed by atoms with Crippen molar-refractivity contribution in [1.82, 2.24) is 4.90 Å². The fourth-order valence-corrected chi connectivity index (χ4v) is 4.66. The first kappa shape index (κ1) is 18.8. The van der Waals surface area contributed by atoms with Gasteiger partial charge in [-0.2, -0.15) is 0 Å². The number of ether oxygens (including phenoxy) is 2. The van der Waals surface area contributed by atoms with Crippen molar-refractivity contribution < 1.29 is 14.3 Å². The molecule has 1 aliphatic rings. The SMILES string of the molecule is COc1cc2c(cc1OC)[C@H](c1ccccc1Cl)N(C(=O)c1cccs1)CC2. The van der Waals surface area contributed by atoms with E-state index in [0.717, 1.165) is 28.0 Å². The van der Waals surface area contributed by atoms with Gasteiger partial charge in [0.15, 0.2) is 11.5 Å². The number of fused-ring (bicyclic) bond motifs is 1. The third-order valence-electron chi connectivity index (χ3n) is 5.07. The van der Waals surface area contributed by atoms with Gasteiger partial charge in [-0.1, -0.05) is 35.9 Å². The number of amides is 1. The second kappa shape index (κ2) is 7.86. The number of carbonyl (C=O) groups excluding carboxylic acids is 1. The van der Waals surface area contributed by atoms with Gasteiger partial charge in [-0.05, 0) is 52.8 Å². The van der Waals surface area contributed by atoms with Gasteiger partial charge in [-0.25, -0.2) is 0 Å². The van der Waals surface area contributed by atoms with E-state index in [-0.39, 0.29) is 11.9 Å². The molecular weight excluding hydrogens is 394 g/mol. The highest BCUT2D eigenvalue weighted by molar-refractivity contribution is 7.12. The topological polar surface area (TPSA) is 38.8 Å². The number of thiophene rings is 1. The molecule has 0 unspecified atom stereocenters. The number of nitrogens with zero attached hydrogens (tertiary/aromatic N) is 1. The van der Waals surface area contributed by atoms with E-state index >= 15 is 0 Å². The Hall–Kier alpha value is -2.50. The van der Waals surface area contributed by atoms with Crippen LogP contribution in [0.15, 0.2) is 53.9 Å². The Morgan fingerprint density at radius 1 is 1.07 bits per heavy atom. The van der Waals surface area contributed by atoms with Crippen LogP contribution in [0.1, 0.15) is 32.4 Å². The fourth-order valence-electron chi connectivity index (χ4n) is 3.74. The van der Waals surface area contributed by atoms with Gasteiger partial charge in [-0.15, -0.1) is 11.3 Å². The molecule has 0 radical (unpaired) electrons. The van der Waals surface area contributed by atoms with Crippen molar-refractivity contribution in [3.05, 3.63) is 80.5 Å². The summed E-state index contributed by atoms with van der Waals surface area (Å²) in [6, 6.07) is 15.1. The van der Waals surface area contributed by atoms with E-state index in [1.165, 1.54) is 11.3 Å². The van der Waals surface area contributed by atoms with Crippen molar-refractivity contribution >= 4 is 28.8 Å². The zero-order valence-electron chi connectivity index (χ0n) is 15.6. The highest BCUT2D eigenvalue weighted by atomic mass is 35.5. The molecule has 144 valence electrons. The predicted molar refractivity (Wildman–Crippen MR) is 112 cm³/mol. The minimum atomic E-state index is -0.285. The lowest BCUT2D eigenvalue weighted by Crippen LogP contribution is -2.40. The fraction of sp³-hybridized carbons (Fsp3) is 0.227. The Morgan fingerprint density at radius 2 is 1.82 bits per heavy atom. The van der Waals surface area contributed by atoms with E-state index < -0.39 is 0 Å². The molecule has 1 aromatic heterocycles. The molecule has 6 heteroatoms. The number of carbonyl (C=O) groups is 1. The smallest absolute Gasteiger partial charge is 0.264 e. The molecule has 2 aromatic carbocycles. The van der Waals surface area contributed by atoms with E-state index in [2.05, 4.69) is 0 Å². The maximum atomic E-state index is 13.3. The lowest BCUT2D eigenvalue weighted by molar-refractivity contribution is 0.0699. The molecule has 1 atom stereocenters. The van der Waals surface area contributed by atoms with Crippen molar-refractivity contribution in [2.75, 3.05) is 20.8 Å². The van der Waals surface area contributed by atoms with E-state index in [1.54, 1.807) is 14.2 Å². The summed E-state index contributed by atoms with van der Waals surface area (Å²) >= 11 is 8.01. The summed E-state index contributed by atoms with van der Waals surface area (Å²) in [4.78, 5) is 15.9. The van der Waals surface area contributed by atoms with Gasteiger partial charge >= 0.3 is 0 Å². The van der Waals surface area contributed by atoms with Gasteiger partial charge in [0.1, 0.15) is 0 Å². The molecule has 4 rings (SSSR count). The van der Waals surface area contributed by atoms with Crippen LogP contribution in [0.4, 0.5) is 0 Å². The van der Waals surface area contributed by atoms with Gasteiger partial charge < -0.3 is 14.4 Å². The second-order valence-electron chi connectivity index (χ2n) is 6.56. The van der Waals surface area contributed by atoms with Gasteiger partial charge in [0, 0.05) is 11.6 Å². The molecule has 0 fully saturated rings. The van der Waals surface area contributed by atoms with Gasteiger partial charge in [0.2, 0.25) is 0 Å². The first-order valence-electron chi connectivity index (χ1n) is 8.97. The largest absolute Gasteiger partial charge is 0.493 e. The molecule has 2 heterocycles. The number of hydrogen-bond donors (Lipinski definition) is 0. The van der Waals surface area contributed by atoms with E-state index in [1.807, 2.05) is 58.8 Å². The molecule has 4 nitrogen and oxygen atoms in total. The molecule has 28 heavy (non-hydrogen) atoms. The van der Waals surface area contributed by atoms with Crippen LogP contribution in [0.3, 0.4) is 0 Å². The maximum Gasteiger partial charge on any atom is 0.264 e. The minimum absolute atomic E-state index is 0.0142. The quantitative estimate of drug-likeness (QED) is 0.589. The van der Waals surface area contributed by atoms with Gasteiger partial charge in [0.05, 0.1) is 25.1 Å². The van der Waals surface area contributed by atoms with Crippen molar-refractivity contribution in [1.29, 1.82) is 0 Å². The molecule has 3 aromatic rings. The van der Waals surface area contributed by atoms with Crippen LogP contribution in [0, 0.1) is 0 Å². The van der Waals surface area contributed by atoms with Gasteiger partial charge in [0.25, 0.3) is 5.91 Å². The van der Waals surface area contributed by atoms with Gasteiger partial charge in [-0.3, -0.25) is 4.79 Å². The molecule has 0 spiro atoms. The second-order valence-corrected chi connectivity index (χ2v) is 7.91. The summed E-state index contributed by atoms with van der Waals surface area (Å²) in [5.41, 5.74) is 3.06. The van der Waals surface area contributed by atoms with E-state index in [9.17, 15) is 4.79 Å². The highest BCUT2D eigenvalue weighted by Crippen LogP contribution is 2.43. The van der Waals surface area contributed by atoms with Crippen LogP contribution in [0.25, 0.3) is 0 Å². The third-order valence-corrected chi connectivity index (χ3v) is 6.27. The molecule has 0 aliphatic carbocycles. The Bertz CT molecular complexity index is 1000. The molecule has 1 aliphatic heterocycles. The third kappa shape index (κ3) is 3.25. The van der Waals surface area contributed by atoms with Crippen LogP contribution < -0.4 is 9.47 Å². The molecular formula is C22H20ClNO3S. The number of benzene rings is 2.